The van der Waals surface area contributed by atoms with Gasteiger partial charge < -0.3 is 10.0 Å². The molecule has 1 aliphatic rings. The van der Waals surface area contributed by atoms with Gasteiger partial charge in [-0.15, -0.1) is 0 Å². The first-order valence-corrected chi connectivity index (χ1v) is 8.49. The maximum absolute atomic E-state index is 12.5. The second-order valence-corrected chi connectivity index (χ2v) is 6.24. The van der Waals surface area contributed by atoms with E-state index in [4.69, 9.17) is 0 Å². The predicted octanol–water partition coefficient (Wildman–Crippen LogP) is 3.71. The third-order valence-corrected chi connectivity index (χ3v) is 4.63. The highest BCUT2D eigenvalue weighted by Crippen LogP contribution is 2.32. The summed E-state index contributed by atoms with van der Waals surface area (Å²) in [5, 5.41) is 9.22. The molecule has 1 heterocycles. The number of likely N-dealkylation sites (tertiary alicyclic amines) is 1. The van der Waals surface area contributed by atoms with Gasteiger partial charge in [-0.25, -0.2) is 4.79 Å². The molecule has 4 heteroatoms. The molecule has 4 nitrogen and oxygen atoms in total. The summed E-state index contributed by atoms with van der Waals surface area (Å²) in [6, 6.07) is 18.9. The minimum Gasteiger partial charge on any atom is -0.478 e. The van der Waals surface area contributed by atoms with Crippen molar-refractivity contribution in [2.24, 2.45) is 5.92 Å². The van der Waals surface area contributed by atoms with Crippen LogP contribution in [0.3, 0.4) is 0 Å². The Morgan fingerprint density at radius 3 is 1.92 bits per heavy atom. The van der Waals surface area contributed by atoms with E-state index in [-0.39, 0.29) is 11.8 Å². The van der Waals surface area contributed by atoms with Gasteiger partial charge in [-0.2, -0.15) is 0 Å². The largest absolute Gasteiger partial charge is 0.478 e. The molecule has 2 aromatic carbocycles. The van der Waals surface area contributed by atoms with Crippen LogP contribution in [-0.4, -0.2) is 35.0 Å². The molecule has 1 amide bonds. The van der Waals surface area contributed by atoms with Crippen LogP contribution in [0.1, 0.15) is 28.8 Å². The maximum atomic E-state index is 12.5. The molecular weight excluding hydrogens is 314 g/mol. The summed E-state index contributed by atoms with van der Waals surface area (Å²) in [4.78, 5) is 25.6. The number of allylic oxidation sites excluding steroid dienone is 1. The van der Waals surface area contributed by atoms with E-state index < -0.39 is 5.97 Å². The summed E-state index contributed by atoms with van der Waals surface area (Å²) < 4.78 is 0. The summed E-state index contributed by atoms with van der Waals surface area (Å²) in [5.74, 6) is -0.734. The van der Waals surface area contributed by atoms with E-state index in [0.717, 1.165) is 24.0 Å². The number of carbonyl (C=O) groups is 2. The zero-order valence-electron chi connectivity index (χ0n) is 14.0. The average Bonchev–Trinajstić information content (AvgIpc) is 2.67. The quantitative estimate of drug-likeness (QED) is 0.867. The lowest BCUT2D eigenvalue weighted by molar-refractivity contribution is -0.131. The Hall–Kier alpha value is -2.88. The third kappa shape index (κ3) is 4.15. The fourth-order valence-corrected chi connectivity index (χ4v) is 3.36. The van der Waals surface area contributed by atoms with Crippen molar-refractivity contribution in [2.75, 3.05) is 13.1 Å². The van der Waals surface area contributed by atoms with Gasteiger partial charge in [-0.3, -0.25) is 4.79 Å². The molecule has 3 rings (SSSR count). The Morgan fingerprint density at radius 1 is 0.880 bits per heavy atom. The average molecular weight is 335 g/mol. The van der Waals surface area contributed by atoms with Crippen LogP contribution in [0.2, 0.25) is 0 Å². The molecule has 25 heavy (non-hydrogen) atoms. The van der Waals surface area contributed by atoms with E-state index in [0.29, 0.717) is 18.7 Å². The standard InChI is InChI=1S/C21H21NO3/c23-20(24)15-19(16-7-3-1-4-8-16)17-11-13-22(14-12-17)21(25)18-9-5-2-6-10-18/h1-10,15,17H,11-14H2,(H,23,24). The van der Waals surface area contributed by atoms with E-state index >= 15 is 0 Å². The Kier molecular flexibility index (Phi) is 5.29. The number of benzene rings is 2. The molecule has 1 saturated heterocycles. The molecule has 0 bridgehead atoms. The van der Waals surface area contributed by atoms with Crippen LogP contribution in [0.25, 0.3) is 5.57 Å². The fourth-order valence-electron chi connectivity index (χ4n) is 3.36. The van der Waals surface area contributed by atoms with Crippen molar-refractivity contribution < 1.29 is 14.7 Å². The molecule has 0 aliphatic carbocycles. The lowest BCUT2D eigenvalue weighted by atomic mass is 9.84. The lowest BCUT2D eigenvalue weighted by Gasteiger charge is -2.33. The number of hydrogen-bond donors (Lipinski definition) is 1. The van der Waals surface area contributed by atoms with E-state index in [1.54, 1.807) is 0 Å². The first kappa shape index (κ1) is 17.0. The Labute approximate surface area is 147 Å². The van der Waals surface area contributed by atoms with Crippen molar-refractivity contribution in [3.8, 4) is 0 Å². The molecule has 0 radical (unpaired) electrons. The van der Waals surface area contributed by atoms with Crippen molar-refractivity contribution in [2.45, 2.75) is 12.8 Å². The van der Waals surface area contributed by atoms with Crippen LogP contribution in [0, 0.1) is 5.92 Å². The van der Waals surface area contributed by atoms with Crippen molar-refractivity contribution in [3.63, 3.8) is 0 Å². The summed E-state index contributed by atoms with van der Waals surface area (Å²) in [6.07, 6.45) is 2.85. The van der Waals surface area contributed by atoms with Gasteiger partial charge in [0.25, 0.3) is 5.91 Å². The van der Waals surface area contributed by atoms with Gasteiger partial charge in [0.05, 0.1) is 0 Å². The molecule has 1 N–H and O–H groups in total. The Bertz CT molecular complexity index is 760. The van der Waals surface area contributed by atoms with Crippen molar-refractivity contribution in [1.82, 2.24) is 4.90 Å². The van der Waals surface area contributed by atoms with Gasteiger partial charge in [-0.05, 0) is 42.0 Å². The lowest BCUT2D eigenvalue weighted by Crippen LogP contribution is -2.38. The van der Waals surface area contributed by atoms with Gasteiger partial charge in [0.2, 0.25) is 0 Å². The second kappa shape index (κ2) is 7.79. The molecule has 0 spiro atoms. The van der Waals surface area contributed by atoms with Crippen LogP contribution in [0.4, 0.5) is 0 Å². The van der Waals surface area contributed by atoms with E-state index in [1.165, 1.54) is 6.08 Å². The van der Waals surface area contributed by atoms with Crippen molar-refractivity contribution in [3.05, 3.63) is 77.9 Å². The molecule has 0 atom stereocenters. The number of hydrogen-bond acceptors (Lipinski definition) is 2. The third-order valence-electron chi connectivity index (χ3n) is 4.63. The topological polar surface area (TPSA) is 57.6 Å². The highest BCUT2D eigenvalue weighted by Gasteiger charge is 2.26. The molecule has 1 fully saturated rings. The van der Waals surface area contributed by atoms with Crippen LogP contribution >= 0.6 is 0 Å². The SMILES string of the molecule is O=C(O)C=C(c1ccccc1)C1CCN(C(=O)c2ccccc2)CC1. The number of rotatable bonds is 4. The van der Waals surface area contributed by atoms with E-state index in [1.807, 2.05) is 65.6 Å². The monoisotopic (exact) mass is 335 g/mol. The smallest absolute Gasteiger partial charge is 0.328 e. The van der Waals surface area contributed by atoms with Gasteiger partial charge in [0.1, 0.15) is 0 Å². The number of nitrogens with zero attached hydrogens (tertiary/aromatic N) is 1. The normalized spacial score (nSPS) is 15.8. The number of carboxylic acid groups (broad SMARTS) is 1. The number of aliphatic carboxylic acids is 1. The second-order valence-electron chi connectivity index (χ2n) is 6.24. The summed E-state index contributed by atoms with van der Waals surface area (Å²) >= 11 is 0. The minimum atomic E-state index is -0.929. The number of amides is 1. The van der Waals surface area contributed by atoms with Crippen LogP contribution in [0.5, 0.6) is 0 Å². The van der Waals surface area contributed by atoms with Crippen molar-refractivity contribution >= 4 is 17.4 Å². The van der Waals surface area contributed by atoms with Gasteiger partial charge in [0, 0.05) is 24.7 Å². The zero-order valence-corrected chi connectivity index (χ0v) is 14.0. The molecule has 1 aliphatic heterocycles. The summed E-state index contributed by atoms with van der Waals surface area (Å²) in [6.45, 7) is 1.28. The van der Waals surface area contributed by atoms with Crippen molar-refractivity contribution in [1.29, 1.82) is 0 Å². The number of piperidine rings is 1. The van der Waals surface area contributed by atoms with Crippen LogP contribution in [-0.2, 0) is 4.79 Å². The molecule has 2 aromatic rings. The van der Waals surface area contributed by atoms with Gasteiger partial charge in [-0.1, -0.05) is 48.5 Å². The molecule has 0 unspecified atom stereocenters. The van der Waals surface area contributed by atoms with Gasteiger partial charge >= 0.3 is 5.97 Å². The number of carbonyl (C=O) groups excluding carboxylic acids is 1. The Balaban J connectivity index is 1.72. The van der Waals surface area contributed by atoms with Crippen LogP contribution in [0.15, 0.2) is 66.7 Å². The predicted molar refractivity (Wildman–Crippen MR) is 97.1 cm³/mol. The molecule has 128 valence electrons. The molecular formula is C21H21NO3. The van der Waals surface area contributed by atoms with Crippen LogP contribution < -0.4 is 0 Å². The first-order valence-electron chi connectivity index (χ1n) is 8.49. The first-order chi connectivity index (χ1) is 12.1. The maximum Gasteiger partial charge on any atom is 0.328 e. The van der Waals surface area contributed by atoms with E-state index in [9.17, 15) is 14.7 Å². The molecule has 0 aromatic heterocycles. The van der Waals surface area contributed by atoms with E-state index in [2.05, 4.69) is 0 Å². The number of carboxylic acids is 1. The minimum absolute atomic E-state index is 0.0440. The zero-order chi connectivity index (χ0) is 17.6. The summed E-state index contributed by atoms with van der Waals surface area (Å²) in [7, 11) is 0. The summed E-state index contributed by atoms with van der Waals surface area (Å²) in [5.41, 5.74) is 2.49. The van der Waals surface area contributed by atoms with Gasteiger partial charge in [0.15, 0.2) is 0 Å². The molecule has 0 saturated carbocycles. The highest BCUT2D eigenvalue weighted by atomic mass is 16.4. The Morgan fingerprint density at radius 2 is 1.40 bits per heavy atom. The fraction of sp³-hybridized carbons (Fsp3) is 0.238. The highest BCUT2D eigenvalue weighted by molar-refractivity contribution is 5.94.